The molecule has 1 heterocycles. The van der Waals surface area contributed by atoms with Crippen molar-refractivity contribution in [2.24, 2.45) is 11.8 Å². The molecule has 0 spiro atoms. The van der Waals surface area contributed by atoms with Crippen LogP contribution in [0.2, 0.25) is 0 Å². The van der Waals surface area contributed by atoms with Crippen LogP contribution in [0.5, 0.6) is 0 Å². The third kappa shape index (κ3) is 4.74. The van der Waals surface area contributed by atoms with Crippen LogP contribution in [-0.4, -0.2) is 4.98 Å². The Morgan fingerprint density at radius 1 is 1.47 bits per heavy atom. The van der Waals surface area contributed by atoms with Crippen molar-refractivity contribution in [3.63, 3.8) is 0 Å². The van der Waals surface area contributed by atoms with Crippen LogP contribution in [0, 0.1) is 12.8 Å². The molecule has 0 saturated heterocycles. The van der Waals surface area contributed by atoms with Gasteiger partial charge in [0.25, 0.3) is 0 Å². The van der Waals surface area contributed by atoms with Gasteiger partial charge in [0.15, 0.2) is 0 Å². The van der Waals surface area contributed by atoms with Gasteiger partial charge in [-0.25, -0.2) is 4.98 Å². The first-order valence-electron chi connectivity index (χ1n) is 6.59. The summed E-state index contributed by atoms with van der Waals surface area (Å²) in [5, 5.41) is 3.23. The molecule has 17 heavy (non-hydrogen) atoms. The van der Waals surface area contributed by atoms with E-state index in [4.69, 9.17) is 5.84 Å². The van der Waals surface area contributed by atoms with Crippen LogP contribution < -0.4 is 11.3 Å². The van der Waals surface area contributed by atoms with Gasteiger partial charge in [-0.15, -0.1) is 11.3 Å². The normalized spacial score (nSPS) is 14.8. The van der Waals surface area contributed by atoms with Crippen molar-refractivity contribution in [2.75, 3.05) is 0 Å². The van der Waals surface area contributed by atoms with E-state index in [0.29, 0.717) is 0 Å². The molecular formula is C13H25N3S. The van der Waals surface area contributed by atoms with Crippen molar-refractivity contribution in [1.82, 2.24) is 10.4 Å². The number of hydrazine groups is 1. The molecule has 3 N–H and O–H groups in total. The molecule has 0 saturated carbocycles. The maximum atomic E-state index is 5.66. The van der Waals surface area contributed by atoms with E-state index < -0.39 is 0 Å². The number of hydrogen-bond donors (Lipinski definition) is 2. The second kappa shape index (κ2) is 7.80. The highest BCUT2D eigenvalue weighted by Crippen LogP contribution is 2.26. The van der Waals surface area contributed by atoms with E-state index in [-0.39, 0.29) is 6.04 Å². The summed E-state index contributed by atoms with van der Waals surface area (Å²) in [6.07, 6.45) is 6.20. The topological polar surface area (TPSA) is 50.9 Å². The lowest BCUT2D eigenvalue weighted by molar-refractivity contribution is 0.353. The minimum Gasteiger partial charge on any atom is -0.271 e. The van der Waals surface area contributed by atoms with Gasteiger partial charge in [0.1, 0.15) is 0 Å². The van der Waals surface area contributed by atoms with Gasteiger partial charge < -0.3 is 0 Å². The number of hydrogen-bond acceptors (Lipinski definition) is 4. The fourth-order valence-corrected chi connectivity index (χ4v) is 2.80. The van der Waals surface area contributed by atoms with Crippen LogP contribution in [0.25, 0.3) is 0 Å². The molecule has 0 aliphatic heterocycles. The molecular weight excluding hydrogens is 230 g/mol. The number of nitrogens with one attached hydrogen (secondary N) is 1. The van der Waals surface area contributed by atoms with E-state index in [2.05, 4.69) is 29.6 Å². The maximum Gasteiger partial charge on any atom is 0.0898 e. The van der Waals surface area contributed by atoms with Crippen molar-refractivity contribution in [1.29, 1.82) is 0 Å². The summed E-state index contributed by atoms with van der Waals surface area (Å²) >= 11 is 1.69. The lowest BCUT2D eigenvalue weighted by Gasteiger charge is -2.20. The molecule has 0 fully saturated rings. The monoisotopic (exact) mass is 255 g/mol. The van der Waals surface area contributed by atoms with Crippen molar-refractivity contribution in [3.8, 4) is 0 Å². The van der Waals surface area contributed by atoms with E-state index >= 15 is 0 Å². The van der Waals surface area contributed by atoms with E-state index in [9.17, 15) is 0 Å². The van der Waals surface area contributed by atoms with Crippen molar-refractivity contribution in [2.45, 2.75) is 58.9 Å². The van der Waals surface area contributed by atoms with Crippen molar-refractivity contribution in [3.05, 3.63) is 16.1 Å². The Labute approximate surface area is 109 Å². The average molecular weight is 255 g/mol. The van der Waals surface area contributed by atoms with Crippen LogP contribution in [0.1, 0.15) is 62.7 Å². The van der Waals surface area contributed by atoms with Crippen molar-refractivity contribution < 1.29 is 0 Å². The molecule has 2 atom stereocenters. The number of unbranched alkanes of at least 4 members (excludes halogenated alkanes) is 1. The summed E-state index contributed by atoms with van der Waals surface area (Å²) in [5.74, 6) is 6.41. The largest absolute Gasteiger partial charge is 0.271 e. The number of thiazole rings is 1. The second-order valence-corrected chi connectivity index (χ2v) is 5.73. The quantitative estimate of drug-likeness (QED) is 0.551. The number of rotatable bonds is 8. The van der Waals surface area contributed by atoms with Gasteiger partial charge in [0, 0.05) is 5.38 Å². The standard InChI is InChI=1S/C13H25N3S/c1-4-6-7-11(5-2)8-12(16-14)13-9-17-10(3)15-13/h9,11-12,16H,4-8,14H2,1-3H3. The number of nitrogens with zero attached hydrogens (tertiary/aromatic N) is 1. The Bertz CT molecular complexity index is 311. The SMILES string of the molecule is CCCCC(CC)CC(NN)c1csc(C)n1. The highest BCUT2D eigenvalue weighted by atomic mass is 32.1. The maximum absolute atomic E-state index is 5.66. The minimum absolute atomic E-state index is 0.210. The molecule has 0 aromatic carbocycles. The third-order valence-electron chi connectivity index (χ3n) is 3.31. The van der Waals surface area contributed by atoms with Crippen LogP contribution in [0.15, 0.2) is 5.38 Å². The molecule has 2 unspecified atom stereocenters. The van der Waals surface area contributed by atoms with Gasteiger partial charge in [0.2, 0.25) is 0 Å². The second-order valence-electron chi connectivity index (χ2n) is 4.66. The van der Waals surface area contributed by atoms with Gasteiger partial charge in [-0.05, 0) is 19.3 Å². The van der Waals surface area contributed by atoms with Crippen LogP contribution in [0.4, 0.5) is 0 Å². The fraction of sp³-hybridized carbons (Fsp3) is 0.769. The summed E-state index contributed by atoms with van der Waals surface area (Å²) < 4.78 is 0. The Hall–Kier alpha value is -0.450. The number of aryl methyl sites for hydroxylation is 1. The third-order valence-corrected chi connectivity index (χ3v) is 4.10. The van der Waals surface area contributed by atoms with E-state index in [1.165, 1.54) is 25.7 Å². The lowest BCUT2D eigenvalue weighted by Crippen LogP contribution is -2.30. The van der Waals surface area contributed by atoms with Gasteiger partial charge >= 0.3 is 0 Å². The van der Waals surface area contributed by atoms with Crippen LogP contribution >= 0.6 is 11.3 Å². The zero-order valence-corrected chi connectivity index (χ0v) is 12.0. The lowest BCUT2D eigenvalue weighted by atomic mass is 9.91. The molecule has 0 bridgehead atoms. The summed E-state index contributed by atoms with van der Waals surface area (Å²) in [7, 11) is 0. The highest BCUT2D eigenvalue weighted by Gasteiger charge is 2.17. The summed E-state index contributed by atoms with van der Waals surface area (Å²) in [5.41, 5.74) is 4.02. The molecule has 4 heteroatoms. The average Bonchev–Trinajstić information content (AvgIpc) is 2.76. The first kappa shape index (κ1) is 14.6. The zero-order chi connectivity index (χ0) is 12.7. The molecule has 98 valence electrons. The molecule has 0 aliphatic carbocycles. The Kier molecular flexibility index (Phi) is 6.70. The molecule has 3 nitrogen and oxygen atoms in total. The Balaban J connectivity index is 2.55. The molecule has 0 aliphatic rings. The molecule has 1 aromatic heterocycles. The smallest absolute Gasteiger partial charge is 0.0898 e. The highest BCUT2D eigenvalue weighted by molar-refractivity contribution is 7.09. The first-order valence-corrected chi connectivity index (χ1v) is 7.47. The predicted molar refractivity (Wildman–Crippen MR) is 74.8 cm³/mol. The zero-order valence-electron chi connectivity index (χ0n) is 11.2. The van der Waals surface area contributed by atoms with E-state index in [1.54, 1.807) is 11.3 Å². The summed E-state index contributed by atoms with van der Waals surface area (Å²) in [4.78, 5) is 4.53. The van der Waals surface area contributed by atoms with Gasteiger partial charge in [-0.1, -0.05) is 39.5 Å². The molecule has 0 radical (unpaired) electrons. The Morgan fingerprint density at radius 3 is 2.71 bits per heavy atom. The summed E-state index contributed by atoms with van der Waals surface area (Å²) in [6, 6.07) is 0.210. The molecule has 1 aromatic rings. The minimum atomic E-state index is 0.210. The van der Waals surface area contributed by atoms with Gasteiger partial charge in [0.05, 0.1) is 16.7 Å². The van der Waals surface area contributed by atoms with Crippen molar-refractivity contribution >= 4 is 11.3 Å². The van der Waals surface area contributed by atoms with Gasteiger partial charge in [-0.3, -0.25) is 11.3 Å². The first-order chi connectivity index (χ1) is 8.21. The number of aromatic nitrogens is 1. The van der Waals surface area contributed by atoms with Crippen LogP contribution in [-0.2, 0) is 0 Å². The summed E-state index contributed by atoms with van der Waals surface area (Å²) in [6.45, 7) is 6.55. The molecule has 1 rings (SSSR count). The Morgan fingerprint density at radius 2 is 2.24 bits per heavy atom. The number of nitrogens with two attached hydrogens (primary N) is 1. The molecule has 0 amide bonds. The fourth-order valence-electron chi connectivity index (χ4n) is 2.13. The van der Waals surface area contributed by atoms with Gasteiger partial charge in [-0.2, -0.15) is 0 Å². The van der Waals surface area contributed by atoms with E-state index in [0.717, 1.165) is 23.0 Å². The van der Waals surface area contributed by atoms with E-state index in [1.807, 2.05) is 6.92 Å². The van der Waals surface area contributed by atoms with Crippen LogP contribution in [0.3, 0.4) is 0 Å². The predicted octanol–water partition coefficient (Wildman–Crippen LogP) is 3.56.